The molecule has 0 bridgehead atoms. The fraction of sp³-hybridized carbons (Fsp3) is 0.375. The van der Waals surface area contributed by atoms with E-state index in [2.05, 4.69) is 10.6 Å². The van der Waals surface area contributed by atoms with Crippen molar-refractivity contribution in [2.24, 2.45) is 5.73 Å². The Labute approximate surface area is 183 Å². The first-order chi connectivity index (χ1) is 14.5. The number of nitrogens with one attached hydrogen (secondary N) is 2. The second-order valence-electron chi connectivity index (χ2n) is 8.74. The molecule has 1 unspecified atom stereocenters. The van der Waals surface area contributed by atoms with Crippen LogP contribution in [0.4, 0.5) is 4.79 Å². The van der Waals surface area contributed by atoms with Gasteiger partial charge < -0.3 is 21.1 Å². The minimum absolute atomic E-state index is 0.204. The van der Waals surface area contributed by atoms with Crippen LogP contribution in [0.1, 0.15) is 38.8 Å². The summed E-state index contributed by atoms with van der Waals surface area (Å²) in [6, 6.07) is 17.6. The summed E-state index contributed by atoms with van der Waals surface area (Å²) in [5, 5.41) is 5.39. The first-order valence-electron chi connectivity index (χ1n) is 10.2. The van der Waals surface area contributed by atoms with Crippen molar-refractivity contribution in [2.75, 3.05) is 0 Å². The molecular weight excluding hydrogens is 394 g/mol. The lowest BCUT2D eigenvalue weighted by atomic mass is 9.91. The lowest BCUT2D eigenvalue weighted by Crippen LogP contribution is -2.62. The molecule has 31 heavy (non-hydrogen) atoms. The predicted octanol–water partition coefficient (Wildman–Crippen LogP) is 2.73. The molecule has 4 N–H and O–H groups in total. The highest BCUT2D eigenvalue weighted by Gasteiger charge is 2.38. The molecule has 0 aliphatic heterocycles. The standard InChI is InChI=1S/C24H31N3O4/c1-23(2,3)31-22(30)27-24(4,16-18-13-9-6-10-14-18)21(29)26-19(20(25)28)15-17-11-7-5-8-12-17/h5-14,19H,15-16H2,1-4H3,(H2,25,28)(H,26,29)(H,27,30)/t19-,24?/m0/s1. The molecule has 2 rings (SSSR count). The summed E-state index contributed by atoms with van der Waals surface area (Å²) in [6.45, 7) is 6.82. The Hall–Kier alpha value is -3.35. The first-order valence-corrected chi connectivity index (χ1v) is 10.2. The minimum Gasteiger partial charge on any atom is -0.444 e. The van der Waals surface area contributed by atoms with E-state index in [1.54, 1.807) is 27.7 Å². The van der Waals surface area contributed by atoms with Crippen LogP contribution in [0, 0.1) is 0 Å². The van der Waals surface area contributed by atoms with Crippen molar-refractivity contribution in [1.29, 1.82) is 0 Å². The van der Waals surface area contributed by atoms with Gasteiger partial charge >= 0.3 is 6.09 Å². The number of rotatable bonds is 8. The molecule has 0 saturated carbocycles. The molecule has 0 aromatic heterocycles. The molecule has 0 aliphatic rings. The maximum atomic E-state index is 13.3. The van der Waals surface area contributed by atoms with Gasteiger partial charge in [0.1, 0.15) is 17.2 Å². The Morgan fingerprint density at radius 3 is 1.90 bits per heavy atom. The molecule has 0 saturated heterocycles. The Morgan fingerprint density at radius 2 is 1.42 bits per heavy atom. The van der Waals surface area contributed by atoms with Crippen LogP contribution in [-0.4, -0.2) is 35.1 Å². The molecule has 2 aromatic carbocycles. The largest absolute Gasteiger partial charge is 0.444 e. The predicted molar refractivity (Wildman–Crippen MR) is 119 cm³/mol. The van der Waals surface area contributed by atoms with Crippen molar-refractivity contribution in [2.45, 2.75) is 57.7 Å². The van der Waals surface area contributed by atoms with E-state index in [0.717, 1.165) is 11.1 Å². The molecule has 0 spiro atoms. The van der Waals surface area contributed by atoms with E-state index in [-0.39, 0.29) is 12.8 Å². The minimum atomic E-state index is -1.37. The third-order valence-electron chi connectivity index (χ3n) is 4.61. The fourth-order valence-electron chi connectivity index (χ4n) is 3.10. The topological polar surface area (TPSA) is 111 Å². The van der Waals surface area contributed by atoms with Gasteiger partial charge in [-0.15, -0.1) is 0 Å². The second-order valence-corrected chi connectivity index (χ2v) is 8.74. The van der Waals surface area contributed by atoms with E-state index >= 15 is 0 Å². The summed E-state index contributed by atoms with van der Waals surface area (Å²) in [7, 11) is 0. The quantitative estimate of drug-likeness (QED) is 0.604. The van der Waals surface area contributed by atoms with Crippen LogP contribution >= 0.6 is 0 Å². The second kappa shape index (κ2) is 10.1. The van der Waals surface area contributed by atoms with E-state index in [1.165, 1.54) is 0 Å². The van der Waals surface area contributed by atoms with Crippen molar-refractivity contribution < 1.29 is 19.1 Å². The van der Waals surface area contributed by atoms with Crippen LogP contribution in [0.15, 0.2) is 60.7 Å². The van der Waals surface area contributed by atoms with E-state index in [4.69, 9.17) is 10.5 Å². The third-order valence-corrected chi connectivity index (χ3v) is 4.61. The first kappa shape index (κ1) is 23.9. The summed E-state index contributed by atoms with van der Waals surface area (Å²) < 4.78 is 5.35. The lowest BCUT2D eigenvalue weighted by Gasteiger charge is -2.32. The summed E-state index contributed by atoms with van der Waals surface area (Å²) in [4.78, 5) is 37.8. The van der Waals surface area contributed by atoms with Crippen LogP contribution in [0.5, 0.6) is 0 Å². The van der Waals surface area contributed by atoms with E-state index in [0.29, 0.717) is 0 Å². The van der Waals surface area contributed by atoms with Crippen molar-refractivity contribution in [3.8, 4) is 0 Å². The summed E-state index contributed by atoms with van der Waals surface area (Å²) in [5.41, 5.74) is 5.16. The molecule has 2 aromatic rings. The van der Waals surface area contributed by atoms with Crippen LogP contribution in [0.2, 0.25) is 0 Å². The number of ether oxygens (including phenoxy) is 1. The van der Waals surface area contributed by atoms with Crippen molar-refractivity contribution in [1.82, 2.24) is 10.6 Å². The van der Waals surface area contributed by atoms with Crippen LogP contribution < -0.4 is 16.4 Å². The molecule has 3 amide bonds. The maximum absolute atomic E-state index is 13.3. The molecule has 0 heterocycles. The average molecular weight is 426 g/mol. The van der Waals surface area contributed by atoms with Gasteiger partial charge in [-0.3, -0.25) is 9.59 Å². The highest BCUT2D eigenvalue weighted by atomic mass is 16.6. The molecular formula is C24H31N3O4. The van der Waals surface area contributed by atoms with E-state index < -0.39 is 35.1 Å². The maximum Gasteiger partial charge on any atom is 0.408 e. The molecule has 2 atom stereocenters. The Balaban J connectivity index is 2.24. The zero-order chi connectivity index (χ0) is 23.1. The summed E-state index contributed by atoms with van der Waals surface area (Å²) in [5.74, 6) is -1.18. The Bertz CT molecular complexity index is 894. The summed E-state index contributed by atoms with van der Waals surface area (Å²) in [6.07, 6.45) is -0.273. The van der Waals surface area contributed by atoms with E-state index in [9.17, 15) is 14.4 Å². The molecule has 166 valence electrons. The number of amides is 3. The number of alkyl carbamates (subject to hydrolysis) is 1. The normalized spacial score (nSPS) is 14.1. The number of nitrogens with two attached hydrogens (primary N) is 1. The van der Waals surface area contributed by atoms with Crippen LogP contribution in [0.25, 0.3) is 0 Å². The molecule has 7 heteroatoms. The number of benzene rings is 2. The Kier molecular flexibility index (Phi) is 7.80. The number of primary amides is 1. The van der Waals surface area contributed by atoms with Gasteiger partial charge in [0.05, 0.1) is 0 Å². The van der Waals surface area contributed by atoms with Gasteiger partial charge in [0.15, 0.2) is 0 Å². The SMILES string of the molecule is CC(C)(C)OC(=O)NC(C)(Cc1ccccc1)C(=O)N[C@@H](Cc1ccccc1)C(N)=O. The van der Waals surface area contributed by atoms with Crippen molar-refractivity contribution in [3.63, 3.8) is 0 Å². The lowest BCUT2D eigenvalue weighted by molar-refractivity contribution is -0.131. The number of carbonyl (C=O) groups is 3. The smallest absolute Gasteiger partial charge is 0.408 e. The number of hydrogen-bond acceptors (Lipinski definition) is 4. The zero-order valence-electron chi connectivity index (χ0n) is 18.5. The monoisotopic (exact) mass is 425 g/mol. The third kappa shape index (κ3) is 7.77. The summed E-state index contributed by atoms with van der Waals surface area (Å²) >= 11 is 0. The van der Waals surface area contributed by atoms with Gasteiger partial charge in [0.25, 0.3) is 0 Å². The molecule has 7 nitrogen and oxygen atoms in total. The van der Waals surface area contributed by atoms with Gasteiger partial charge in [-0.25, -0.2) is 4.79 Å². The van der Waals surface area contributed by atoms with Crippen molar-refractivity contribution in [3.05, 3.63) is 71.8 Å². The highest BCUT2D eigenvalue weighted by Crippen LogP contribution is 2.17. The number of hydrogen-bond donors (Lipinski definition) is 3. The fourth-order valence-corrected chi connectivity index (χ4v) is 3.10. The highest BCUT2D eigenvalue weighted by molar-refractivity contribution is 5.93. The van der Waals surface area contributed by atoms with E-state index in [1.807, 2.05) is 60.7 Å². The van der Waals surface area contributed by atoms with Gasteiger partial charge in [-0.05, 0) is 38.8 Å². The average Bonchev–Trinajstić information content (AvgIpc) is 2.67. The number of carbonyl (C=O) groups excluding carboxylic acids is 3. The van der Waals surface area contributed by atoms with Crippen LogP contribution in [0.3, 0.4) is 0 Å². The van der Waals surface area contributed by atoms with Gasteiger partial charge in [0, 0.05) is 12.8 Å². The zero-order valence-corrected chi connectivity index (χ0v) is 18.5. The molecule has 0 fully saturated rings. The van der Waals surface area contributed by atoms with Crippen LogP contribution in [-0.2, 0) is 27.2 Å². The van der Waals surface area contributed by atoms with Gasteiger partial charge in [0.2, 0.25) is 11.8 Å². The van der Waals surface area contributed by atoms with Gasteiger partial charge in [-0.2, -0.15) is 0 Å². The van der Waals surface area contributed by atoms with Crippen molar-refractivity contribution >= 4 is 17.9 Å². The van der Waals surface area contributed by atoms with Gasteiger partial charge in [-0.1, -0.05) is 60.7 Å². The molecule has 0 radical (unpaired) electrons. The Morgan fingerprint density at radius 1 is 0.903 bits per heavy atom. The molecule has 0 aliphatic carbocycles.